The fraction of sp³-hybridized carbons (Fsp3) is 0.600. The van der Waals surface area contributed by atoms with Crippen molar-refractivity contribution in [3.8, 4) is 0 Å². The van der Waals surface area contributed by atoms with Crippen LogP contribution in [0.3, 0.4) is 0 Å². The van der Waals surface area contributed by atoms with Crippen LogP contribution in [0.5, 0.6) is 0 Å². The number of fused-ring (bicyclic) bond motifs is 2. The molecule has 1 aromatic carbocycles. The lowest BCUT2D eigenvalue weighted by atomic mass is 9.82. The zero-order chi connectivity index (χ0) is 23.6. The van der Waals surface area contributed by atoms with Crippen LogP contribution in [-0.2, 0) is 28.2 Å². The van der Waals surface area contributed by atoms with E-state index in [9.17, 15) is 14.3 Å². The monoisotopic (exact) mass is 475 g/mol. The third kappa shape index (κ3) is 5.62. The van der Waals surface area contributed by atoms with Gasteiger partial charge in [0.2, 0.25) is 5.91 Å². The first kappa shape index (κ1) is 24.3. The molecule has 2 aliphatic rings. The topological polar surface area (TPSA) is 74.7 Å². The van der Waals surface area contributed by atoms with Gasteiger partial charge in [0.05, 0.1) is 34.9 Å². The molecule has 2 aliphatic heterocycles. The molecule has 4 rings (SSSR count). The van der Waals surface area contributed by atoms with Crippen LogP contribution < -0.4 is 5.32 Å². The number of piperidine rings is 1. The lowest BCUT2D eigenvalue weighted by Crippen LogP contribution is -2.52. The Bertz CT molecular complexity index is 952. The van der Waals surface area contributed by atoms with E-state index in [-0.39, 0.29) is 23.7 Å². The van der Waals surface area contributed by atoms with Gasteiger partial charge in [-0.2, -0.15) is 0 Å². The summed E-state index contributed by atoms with van der Waals surface area (Å²) in [6.45, 7) is 8.11. The minimum absolute atomic E-state index is 0.00966. The molecule has 1 saturated heterocycles. The van der Waals surface area contributed by atoms with E-state index in [4.69, 9.17) is 4.74 Å². The summed E-state index contributed by atoms with van der Waals surface area (Å²) in [6.07, 6.45) is 2.62. The molecular weight excluding hydrogens is 441 g/mol. The number of amides is 1. The number of halogens is 1. The molecule has 1 spiro atoms. The van der Waals surface area contributed by atoms with Crippen molar-refractivity contribution in [2.24, 2.45) is 5.92 Å². The van der Waals surface area contributed by atoms with Crippen LogP contribution in [0.1, 0.15) is 56.9 Å². The Balaban J connectivity index is 1.43. The number of nitrogens with one attached hydrogen (secondary N) is 1. The minimum Gasteiger partial charge on any atom is -0.390 e. The molecule has 1 fully saturated rings. The molecule has 180 valence electrons. The highest BCUT2D eigenvalue weighted by Crippen LogP contribution is 2.45. The van der Waals surface area contributed by atoms with Crippen molar-refractivity contribution in [2.75, 3.05) is 19.6 Å². The summed E-state index contributed by atoms with van der Waals surface area (Å²) in [5.74, 6) is -0.484. The smallest absolute Gasteiger partial charge is 0.225 e. The maximum absolute atomic E-state index is 13.9. The van der Waals surface area contributed by atoms with Crippen LogP contribution in [0.4, 0.5) is 4.39 Å². The second kappa shape index (κ2) is 9.78. The second-order valence-corrected chi connectivity index (χ2v) is 10.7. The van der Waals surface area contributed by atoms with E-state index < -0.39 is 11.2 Å². The summed E-state index contributed by atoms with van der Waals surface area (Å²) in [7, 11) is 0. The quantitative estimate of drug-likeness (QED) is 0.610. The number of likely N-dealkylation sites (tertiary alicyclic amines) is 1. The summed E-state index contributed by atoms with van der Waals surface area (Å²) in [6, 6.07) is 4.97. The predicted molar refractivity (Wildman–Crippen MR) is 126 cm³/mol. The van der Waals surface area contributed by atoms with Crippen molar-refractivity contribution in [2.45, 2.75) is 70.3 Å². The number of nitrogens with zero attached hydrogens (tertiary/aromatic N) is 2. The van der Waals surface area contributed by atoms with E-state index in [1.54, 1.807) is 25.4 Å². The highest BCUT2D eigenvalue weighted by atomic mass is 32.1. The molecule has 0 radical (unpaired) electrons. The van der Waals surface area contributed by atoms with Crippen molar-refractivity contribution in [1.29, 1.82) is 0 Å². The summed E-state index contributed by atoms with van der Waals surface area (Å²) >= 11 is 1.53. The average Bonchev–Trinajstić information content (AvgIpc) is 3.40. The maximum Gasteiger partial charge on any atom is 0.225 e. The number of benzene rings is 1. The highest BCUT2D eigenvalue weighted by molar-refractivity contribution is 7.07. The summed E-state index contributed by atoms with van der Waals surface area (Å²) in [4.78, 5) is 19.9. The number of aromatic nitrogens is 1. The first-order valence-corrected chi connectivity index (χ1v) is 12.7. The van der Waals surface area contributed by atoms with Gasteiger partial charge in [-0.25, -0.2) is 9.37 Å². The van der Waals surface area contributed by atoms with Crippen molar-refractivity contribution >= 4 is 17.2 Å². The summed E-state index contributed by atoms with van der Waals surface area (Å²) in [5, 5.41) is 15.0. The number of aliphatic hydroxyl groups is 1. The lowest BCUT2D eigenvalue weighted by Gasteiger charge is -2.43. The summed E-state index contributed by atoms with van der Waals surface area (Å²) in [5.41, 5.74) is 3.53. The number of rotatable bonds is 8. The molecular formula is C25H34FN3O3S. The van der Waals surface area contributed by atoms with Gasteiger partial charge >= 0.3 is 0 Å². The van der Waals surface area contributed by atoms with Gasteiger partial charge in [0, 0.05) is 37.5 Å². The molecule has 2 atom stereocenters. The van der Waals surface area contributed by atoms with Gasteiger partial charge in [0.1, 0.15) is 5.82 Å². The number of carbonyl (C=O) groups excluding carboxylic acids is 1. The second-order valence-electron chi connectivity index (χ2n) is 10.0. The van der Waals surface area contributed by atoms with Gasteiger partial charge in [0.25, 0.3) is 0 Å². The number of ether oxygens (including phenoxy) is 1. The Kier molecular flexibility index (Phi) is 7.19. The number of carbonyl (C=O) groups is 1. The van der Waals surface area contributed by atoms with Crippen molar-refractivity contribution in [3.05, 3.63) is 51.7 Å². The zero-order valence-electron chi connectivity index (χ0n) is 19.6. The van der Waals surface area contributed by atoms with Crippen LogP contribution in [0.2, 0.25) is 0 Å². The van der Waals surface area contributed by atoms with Crippen LogP contribution in [-0.4, -0.2) is 52.2 Å². The third-order valence-electron chi connectivity index (χ3n) is 7.12. The predicted octanol–water partition coefficient (Wildman–Crippen LogP) is 3.63. The largest absolute Gasteiger partial charge is 0.390 e. The van der Waals surface area contributed by atoms with E-state index in [0.29, 0.717) is 26.0 Å². The first-order valence-electron chi connectivity index (χ1n) is 11.7. The average molecular weight is 476 g/mol. The van der Waals surface area contributed by atoms with E-state index in [2.05, 4.69) is 22.1 Å². The van der Waals surface area contributed by atoms with Crippen LogP contribution in [0.15, 0.2) is 29.1 Å². The Morgan fingerprint density at radius 2 is 2.15 bits per heavy atom. The van der Waals surface area contributed by atoms with Crippen LogP contribution >= 0.6 is 11.3 Å². The summed E-state index contributed by atoms with van der Waals surface area (Å²) < 4.78 is 20.1. The minimum atomic E-state index is -0.818. The number of thiazole rings is 1. The van der Waals surface area contributed by atoms with Crippen molar-refractivity contribution in [3.63, 3.8) is 0 Å². The van der Waals surface area contributed by atoms with Gasteiger partial charge in [-0.1, -0.05) is 6.07 Å². The van der Waals surface area contributed by atoms with E-state index in [1.165, 1.54) is 17.4 Å². The molecule has 2 N–H and O–H groups in total. The van der Waals surface area contributed by atoms with Gasteiger partial charge < -0.3 is 15.2 Å². The third-order valence-corrected chi connectivity index (χ3v) is 7.75. The number of hydrogen-bond acceptors (Lipinski definition) is 6. The van der Waals surface area contributed by atoms with Crippen LogP contribution in [0, 0.1) is 11.7 Å². The molecule has 1 aromatic heterocycles. The van der Waals surface area contributed by atoms with E-state index >= 15 is 0 Å². The van der Waals surface area contributed by atoms with E-state index in [1.807, 2.05) is 11.4 Å². The standard InChI is InChI=1S/C25H34FN3O3S/c1-17(21(13-20-15-33-16-28-20)23(30)27-9-6-24(2,3)31)29-10-7-25(8-11-29)22-12-19(26)5-4-18(22)14-32-25/h4-5,12,15-17,21,31H,6-11,13-14H2,1-3H3,(H,27,30). The normalized spacial score (nSPS) is 19.9. The van der Waals surface area contributed by atoms with Gasteiger partial charge in [-0.3, -0.25) is 9.69 Å². The van der Waals surface area contributed by atoms with Crippen molar-refractivity contribution < 1.29 is 19.0 Å². The molecule has 0 aliphatic carbocycles. The maximum atomic E-state index is 13.9. The molecule has 2 aromatic rings. The highest BCUT2D eigenvalue weighted by Gasteiger charge is 2.44. The van der Waals surface area contributed by atoms with Crippen molar-refractivity contribution in [1.82, 2.24) is 15.2 Å². The molecule has 3 heterocycles. The Hall–Kier alpha value is -1.87. The molecule has 0 saturated carbocycles. The van der Waals surface area contributed by atoms with Gasteiger partial charge in [-0.15, -0.1) is 11.3 Å². The molecule has 6 nitrogen and oxygen atoms in total. The molecule has 8 heteroatoms. The Morgan fingerprint density at radius 3 is 2.82 bits per heavy atom. The van der Waals surface area contributed by atoms with Gasteiger partial charge in [-0.05, 0) is 63.3 Å². The SMILES string of the molecule is CC(C(Cc1cscn1)C(=O)NCCC(C)(C)O)N1CCC2(CC1)OCc1ccc(F)cc12. The zero-order valence-corrected chi connectivity index (χ0v) is 20.5. The molecule has 2 unspecified atom stereocenters. The van der Waals surface area contributed by atoms with Crippen LogP contribution in [0.25, 0.3) is 0 Å². The Labute approximate surface area is 199 Å². The fourth-order valence-electron chi connectivity index (χ4n) is 5.02. The van der Waals surface area contributed by atoms with E-state index in [0.717, 1.165) is 42.8 Å². The number of hydrogen-bond donors (Lipinski definition) is 2. The fourth-order valence-corrected chi connectivity index (χ4v) is 5.59. The molecule has 0 bridgehead atoms. The Morgan fingerprint density at radius 1 is 1.39 bits per heavy atom. The molecule has 1 amide bonds. The first-order chi connectivity index (χ1) is 15.7. The lowest BCUT2D eigenvalue weighted by molar-refractivity contribution is -0.128. The molecule has 33 heavy (non-hydrogen) atoms. The van der Waals surface area contributed by atoms with Gasteiger partial charge in [0.15, 0.2) is 0 Å².